The van der Waals surface area contributed by atoms with Crippen LogP contribution in [0.2, 0.25) is 0 Å². The van der Waals surface area contributed by atoms with Crippen LogP contribution < -0.4 is 0 Å². The van der Waals surface area contributed by atoms with Crippen LogP contribution in [0, 0.1) is 5.92 Å². The lowest BCUT2D eigenvalue weighted by Crippen LogP contribution is -2.30. The highest BCUT2D eigenvalue weighted by Crippen LogP contribution is 2.43. The topological polar surface area (TPSA) is 256 Å². The van der Waals surface area contributed by atoms with Gasteiger partial charge < -0.3 is 44.6 Å². The molecule has 372 valence electrons. The molecule has 16 nitrogen and oxygen atoms in total. The minimum atomic E-state index is -4.90. The van der Waals surface area contributed by atoms with Crippen molar-refractivity contribution in [1.29, 1.82) is 0 Å². The predicted molar refractivity (Wildman–Crippen MR) is 248 cm³/mol. The zero-order chi connectivity index (χ0) is 47.9. The average molecular weight is 953 g/mol. The number of rotatable bonds is 42. The largest absolute Gasteiger partial charge is 0.472 e. The van der Waals surface area contributed by atoms with E-state index in [1.54, 1.807) is 42.5 Å². The zero-order valence-electron chi connectivity index (χ0n) is 38.6. The maximum absolute atomic E-state index is 12.7. The number of hydrogen-bond acceptors (Lipinski definition) is 13. The third-order valence-electron chi connectivity index (χ3n) is 9.68. The number of phosphoric acid groups is 2. The monoisotopic (exact) mass is 953 g/mol. The summed E-state index contributed by atoms with van der Waals surface area (Å²) in [5, 5.41) is 40.2. The van der Waals surface area contributed by atoms with Crippen molar-refractivity contribution in [2.24, 2.45) is 5.92 Å². The van der Waals surface area contributed by atoms with Crippen LogP contribution in [-0.4, -0.2) is 104 Å². The fourth-order valence-electron chi connectivity index (χ4n) is 6.05. The molecule has 0 aliphatic rings. The summed E-state index contributed by atoms with van der Waals surface area (Å²) in [6.07, 6.45) is 30.2. The van der Waals surface area contributed by atoms with Crippen molar-refractivity contribution < 1.29 is 76.9 Å². The van der Waals surface area contributed by atoms with Crippen molar-refractivity contribution in [1.82, 2.24) is 0 Å². The number of esters is 2. The summed E-state index contributed by atoms with van der Waals surface area (Å²) < 4.78 is 47.6. The highest BCUT2D eigenvalue weighted by Gasteiger charge is 2.28. The van der Waals surface area contributed by atoms with Gasteiger partial charge in [0.1, 0.15) is 12.7 Å². The minimum absolute atomic E-state index is 0.0568. The average Bonchev–Trinajstić information content (AvgIpc) is 3.23. The number of allylic oxidation sites excluding steroid dienone is 7. The first-order valence-electron chi connectivity index (χ1n) is 23.2. The van der Waals surface area contributed by atoms with Gasteiger partial charge in [0.15, 0.2) is 6.10 Å². The molecule has 0 radical (unpaired) electrons. The predicted octanol–water partition coefficient (Wildman–Crippen LogP) is 8.78. The normalized spacial score (nSPS) is 16.0. The third kappa shape index (κ3) is 42.3. The molecule has 0 spiro atoms. The Morgan fingerprint density at radius 1 is 0.562 bits per heavy atom. The highest BCUT2D eigenvalue weighted by molar-refractivity contribution is 7.47. The Bertz CT molecular complexity index is 1430. The van der Waals surface area contributed by atoms with Crippen molar-refractivity contribution in [2.75, 3.05) is 26.4 Å². The van der Waals surface area contributed by atoms with Gasteiger partial charge in [0.25, 0.3) is 0 Å². The first-order valence-corrected chi connectivity index (χ1v) is 26.2. The Hall–Kier alpha value is -2.30. The number of carbonyl (C=O) groups is 2. The third-order valence-corrected chi connectivity index (χ3v) is 11.1. The van der Waals surface area contributed by atoms with Gasteiger partial charge in [-0.1, -0.05) is 171 Å². The van der Waals surface area contributed by atoms with E-state index in [4.69, 9.17) is 23.8 Å². The van der Waals surface area contributed by atoms with Crippen molar-refractivity contribution in [3.05, 3.63) is 60.8 Å². The minimum Gasteiger partial charge on any atom is -0.462 e. The SMILES string of the molecule is CC/C=C\C[C@@H](O)/C=C/C=C/C=C\C=C/[C@H](O)[C@@H](O)CCCC(=O)OC[C@H](COP(=O)(O)OC[C@@H](O)COP(=O)(O)O)OC(=O)CCCCCCCCCCCCCCCCC(C)C. The molecule has 0 aliphatic heterocycles. The molecule has 0 heterocycles. The van der Waals surface area contributed by atoms with Crippen molar-refractivity contribution in [2.45, 2.75) is 186 Å². The van der Waals surface area contributed by atoms with E-state index < -0.39 is 84.5 Å². The Balaban J connectivity index is 4.78. The Labute approximate surface area is 382 Å². The molecule has 0 aromatic heterocycles. The molecular weight excluding hydrogens is 870 g/mol. The lowest BCUT2D eigenvalue weighted by Gasteiger charge is -2.20. The molecule has 0 aromatic carbocycles. The van der Waals surface area contributed by atoms with Gasteiger partial charge in [-0.15, -0.1) is 0 Å². The van der Waals surface area contributed by atoms with Crippen molar-refractivity contribution in [3.8, 4) is 0 Å². The van der Waals surface area contributed by atoms with Gasteiger partial charge >= 0.3 is 27.6 Å². The number of phosphoric ester groups is 2. The fraction of sp³-hybridized carbons (Fsp3) is 0.739. The lowest BCUT2D eigenvalue weighted by atomic mass is 10.0. The fourth-order valence-corrected chi connectivity index (χ4v) is 7.21. The molecule has 0 saturated carbocycles. The van der Waals surface area contributed by atoms with Crippen LogP contribution in [0.15, 0.2) is 60.8 Å². The molecule has 7 N–H and O–H groups in total. The molecule has 0 aromatic rings. The van der Waals surface area contributed by atoms with E-state index in [1.807, 2.05) is 19.1 Å². The standard InChI is InChI=1S/C46H82O16P2/c1-4-5-22-29-40(47)30-24-19-16-17-20-25-31-43(49)44(50)32-27-34-45(51)58-37-42(38-61-64(56,57)60-36-41(48)35-59-63(53,54)55)62-46(52)33-26-21-15-13-11-9-7-6-8-10-12-14-18-23-28-39(2)3/h5,16-17,19-20,22,24-25,30-31,39-44,47-50H,4,6-15,18,21,23,26-29,32-38H2,1-3H3,(H,56,57)(H2,53,54,55)/b19-16+,20-17-,22-5-,30-24+,31-25-/t40-,41+,42-,43+,44+/m1/s1. The van der Waals surface area contributed by atoms with Gasteiger partial charge in [0.05, 0.1) is 38.1 Å². The second kappa shape index (κ2) is 39.8. The van der Waals surface area contributed by atoms with E-state index in [-0.39, 0.29) is 25.7 Å². The van der Waals surface area contributed by atoms with Crippen LogP contribution in [0.5, 0.6) is 0 Å². The molecule has 0 aliphatic carbocycles. The zero-order valence-corrected chi connectivity index (χ0v) is 40.4. The Morgan fingerprint density at radius 3 is 1.62 bits per heavy atom. The van der Waals surface area contributed by atoms with E-state index in [1.165, 1.54) is 70.3 Å². The van der Waals surface area contributed by atoms with E-state index in [9.17, 15) is 44.0 Å². The van der Waals surface area contributed by atoms with E-state index in [0.29, 0.717) is 12.8 Å². The first kappa shape index (κ1) is 61.7. The summed E-state index contributed by atoms with van der Waals surface area (Å²) in [5.41, 5.74) is 0. The highest BCUT2D eigenvalue weighted by atomic mass is 31.2. The summed E-state index contributed by atoms with van der Waals surface area (Å²) in [4.78, 5) is 52.8. The summed E-state index contributed by atoms with van der Waals surface area (Å²) in [7, 11) is -9.80. The van der Waals surface area contributed by atoms with E-state index in [2.05, 4.69) is 22.9 Å². The Kier molecular flexibility index (Phi) is 38.4. The van der Waals surface area contributed by atoms with Gasteiger partial charge in [-0.2, -0.15) is 0 Å². The van der Waals surface area contributed by atoms with E-state index >= 15 is 0 Å². The maximum Gasteiger partial charge on any atom is 0.472 e. The molecule has 0 saturated heterocycles. The quantitative estimate of drug-likeness (QED) is 0.00992. The molecule has 0 bridgehead atoms. The number of ether oxygens (including phenoxy) is 2. The van der Waals surface area contributed by atoms with Crippen molar-refractivity contribution in [3.63, 3.8) is 0 Å². The number of aliphatic hydroxyl groups excluding tert-OH is 4. The summed E-state index contributed by atoms with van der Waals surface area (Å²) >= 11 is 0. The first-order chi connectivity index (χ1) is 30.4. The molecule has 6 atom stereocenters. The second-order valence-corrected chi connectivity index (χ2v) is 19.0. The maximum atomic E-state index is 12.7. The van der Waals surface area contributed by atoms with Crippen molar-refractivity contribution >= 4 is 27.6 Å². The summed E-state index contributed by atoms with van der Waals surface area (Å²) in [6, 6.07) is 0. The van der Waals surface area contributed by atoms with Gasteiger partial charge in [-0.05, 0) is 38.0 Å². The molecule has 0 amide bonds. The number of hydrogen-bond donors (Lipinski definition) is 7. The van der Waals surface area contributed by atoms with Crippen LogP contribution in [-0.2, 0) is 41.8 Å². The van der Waals surface area contributed by atoms with Crippen LogP contribution >= 0.6 is 15.6 Å². The van der Waals surface area contributed by atoms with Gasteiger partial charge in [0, 0.05) is 12.8 Å². The summed E-state index contributed by atoms with van der Waals surface area (Å²) in [5.74, 6) is -0.572. The number of aliphatic hydroxyl groups is 4. The van der Waals surface area contributed by atoms with E-state index in [0.717, 1.165) is 38.0 Å². The van der Waals surface area contributed by atoms with Crippen LogP contribution in [0.1, 0.15) is 156 Å². The molecule has 1 unspecified atom stereocenters. The number of carbonyl (C=O) groups excluding carboxylic acids is 2. The van der Waals surface area contributed by atoms with Crippen LogP contribution in [0.3, 0.4) is 0 Å². The summed E-state index contributed by atoms with van der Waals surface area (Å²) in [6.45, 7) is 3.50. The molecule has 0 rings (SSSR count). The molecule has 64 heavy (non-hydrogen) atoms. The van der Waals surface area contributed by atoms with Crippen LogP contribution in [0.25, 0.3) is 0 Å². The molecule has 0 fully saturated rings. The smallest absolute Gasteiger partial charge is 0.462 e. The van der Waals surface area contributed by atoms with Gasteiger partial charge in [-0.3, -0.25) is 23.2 Å². The molecule has 18 heteroatoms. The second-order valence-electron chi connectivity index (χ2n) is 16.3. The molecular formula is C46H82O16P2. The van der Waals surface area contributed by atoms with Gasteiger partial charge in [-0.25, -0.2) is 9.13 Å². The number of unbranched alkanes of at least 4 members (excludes halogenated alkanes) is 13. The lowest BCUT2D eigenvalue weighted by molar-refractivity contribution is -0.161. The van der Waals surface area contributed by atoms with Crippen LogP contribution in [0.4, 0.5) is 0 Å². The van der Waals surface area contributed by atoms with Gasteiger partial charge in [0.2, 0.25) is 0 Å². The Morgan fingerprint density at radius 2 is 1.06 bits per heavy atom.